The first-order chi connectivity index (χ1) is 15.8. The van der Waals surface area contributed by atoms with E-state index in [1.165, 1.54) is 11.0 Å². The average molecular weight is 456 g/mol. The van der Waals surface area contributed by atoms with Crippen LogP contribution in [0, 0.1) is 0 Å². The Morgan fingerprint density at radius 3 is 2.45 bits per heavy atom. The molecule has 2 heterocycles. The number of hydrogen-bond acceptors (Lipinski definition) is 9. The summed E-state index contributed by atoms with van der Waals surface area (Å²) >= 11 is 0. The molecule has 0 aromatic heterocycles. The average Bonchev–Trinajstić information content (AvgIpc) is 3.02. The van der Waals surface area contributed by atoms with Gasteiger partial charge in [0.25, 0.3) is 0 Å². The quantitative estimate of drug-likeness (QED) is 0.365. The fourth-order valence-electron chi connectivity index (χ4n) is 4.15. The van der Waals surface area contributed by atoms with Crippen LogP contribution in [0.25, 0.3) is 0 Å². The molecule has 0 aliphatic carbocycles. The van der Waals surface area contributed by atoms with Crippen LogP contribution in [-0.4, -0.2) is 51.2 Å². The summed E-state index contributed by atoms with van der Waals surface area (Å²) in [6.45, 7) is 5.33. The van der Waals surface area contributed by atoms with E-state index < -0.39 is 41.5 Å². The molecule has 0 saturated heterocycles. The number of nitrogens with zero attached hydrogens (tertiary/aromatic N) is 1. The predicted octanol–water partition coefficient (Wildman–Crippen LogP) is 1.21. The maximum absolute atomic E-state index is 14.1. The highest BCUT2D eigenvalue weighted by atomic mass is 16.5. The molecule has 0 fully saturated rings. The minimum atomic E-state index is -2.06. The van der Waals surface area contributed by atoms with Gasteiger partial charge in [-0.05, 0) is 13.0 Å². The molecule has 10 heteroatoms. The van der Waals surface area contributed by atoms with Gasteiger partial charge in [0, 0.05) is 17.8 Å². The minimum Gasteiger partial charge on any atom is -0.469 e. The standard InChI is InChI=1S/C23H24N2O8/c1-5-11-25-14-10-8-7-9-13(14)23(22(25)29)17(20(27)31-4)15(12-16(26)30-3)33-19(24)18(23)21(28)32-6-2/h5,7-10H,1,6,11-12,24H2,2-4H3/t23-/m1/s1. The second-order valence-electron chi connectivity index (χ2n) is 7.08. The first-order valence-corrected chi connectivity index (χ1v) is 10.1. The molecule has 2 aliphatic rings. The van der Waals surface area contributed by atoms with Gasteiger partial charge >= 0.3 is 17.9 Å². The molecule has 0 bridgehead atoms. The fourth-order valence-corrected chi connectivity index (χ4v) is 4.15. The summed E-state index contributed by atoms with van der Waals surface area (Å²) < 4.78 is 20.4. The van der Waals surface area contributed by atoms with Crippen molar-refractivity contribution in [3.63, 3.8) is 0 Å². The Morgan fingerprint density at radius 2 is 1.85 bits per heavy atom. The Morgan fingerprint density at radius 1 is 1.15 bits per heavy atom. The van der Waals surface area contributed by atoms with Gasteiger partial charge in [-0.15, -0.1) is 6.58 Å². The van der Waals surface area contributed by atoms with Gasteiger partial charge in [-0.2, -0.15) is 0 Å². The molecule has 10 nitrogen and oxygen atoms in total. The van der Waals surface area contributed by atoms with Gasteiger partial charge in [-0.25, -0.2) is 9.59 Å². The second kappa shape index (κ2) is 9.19. The highest BCUT2D eigenvalue weighted by Crippen LogP contribution is 2.54. The van der Waals surface area contributed by atoms with Gasteiger partial charge < -0.3 is 29.6 Å². The molecule has 1 aromatic carbocycles. The Hall–Kier alpha value is -4.08. The van der Waals surface area contributed by atoms with Gasteiger partial charge in [0.1, 0.15) is 28.7 Å². The van der Waals surface area contributed by atoms with Gasteiger partial charge in [0.2, 0.25) is 11.8 Å². The summed E-state index contributed by atoms with van der Waals surface area (Å²) in [5.74, 6) is -4.08. The maximum Gasteiger partial charge on any atom is 0.341 e. The van der Waals surface area contributed by atoms with Gasteiger partial charge in [-0.1, -0.05) is 24.3 Å². The zero-order valence-corrected chi connectivity index (χ0v) is 18.5. The van der Waals surface area contributed by atoms with Crippen LogP contribution in [-0.2, 0) is 43.5 Å². The summed E-state index contributed by atoms with van der Waals surface area (Å²) in [4.78, 5) is 53.8. The van der Waals surface area contributed by atoms with Crippen LogP contribution in [0.5, 0.6) is 0 Å². The molecule has 2 aliphatic heterocycles. The summed E-state index contributed by atoms with van der Waals surface area (Å²) in [6.07, 6.45) is 0.970. The number of carbonyl (C=O) groups excluding carboxylic acids is 4. The van der Waals surface area contributed by atoms with E-state index in [1.807, 2.05) is 0 Å². The van der Waals surface area contributed by atoms with E-state index in [1.54, 1.807) is 31.2 Å². The molecular weight excluding hydrogens is 432 g/mol. The van der Waals surface area contributed by atoms with Crippen LogP contribution in [0.3, 0.4) is 0 Å². The lowest BCUT2D eigenvalue weighted by Gasteiger charge is -2.36. The Kier molecular flexibility index (Phi) is 6.57. The van der Waals surface area contributed by atoms with E-state index in [4.69, 9.17) is 24.7 Å². The lowest BCUT2D eigenvalue weighted by molar-refractivity contribution is -0.142. The Bertz CT molecular complexity index is 1100. The van der Waals surface area contributed by atoms with Crippen molar-refractivity contribution >= 4 is 29.5 Å². The lowest BCUT2D eigenvalue weighted by atomic mass is 9.67. The Balaban J connectivity index is 2.47. The normalized spacial score (nSPS) is 19.2. The zero-order valence-electron chi connectivity index (χ0n) is 18.5. The van der Waals surface area contributed by atoms with Gasteiger partial charge in [-0.3, -0.25) is 9.59 Å². The molecule has 1 aromatic rings. The number of fused-ring (bicyclic) bond motifs is 2. The SMILES string of the molecule is C=CCN1C(=O)[C@]2(C(C(=O)OCC)=C(N)OC(CC(=O)OC)=C2C(=O)OC)c2ccccc21. The van der Waals surface area contributed by atoms with Crippen molar-refractivity contribution in [1.29, 1.82) is 0 Å². The number of rotatable bonds is 7. The van der Waals surface area contributed by atoms with Crippen LogP contribution < -0.4 is 10.6 Å². The van der Waals surface area contributed by atoms with Crippen molar-refractivity contribution in [3.8, 4) is 0 Å². The number of carbonyl (C=O) groups is 4. The maximum atomic E-state index is 14.1. The summed E-state index contributed by atoms with van der Waals surface area (Å²) in [6, 6.07) is 6.60. The highest BCUT2D eigenvalue weighted by molar-refractivity contribution is 6.22. The van der Waals surface area contributed by atoms with Crippen molar-refractivity contribution in [2.24, 2.45) is 5.73 Å². The van der Waals surface area contributed by atoms with Crippen LogP contribution in [0.2, 0.25) is 0 Å². The molecule has 1 amide bonds. The van der Waals surface area contributed by atoms with Crippen molar-refractivity contribution < 1.29 is 38.1 Å². The van der Waals surface area contributed by atoms with Crippen LogP contribution in [0.15, 0.2) is 59.7 Å². The number of para-hydroxylation sites is 1. The molecule has 33 heavy (non-hydrogen) atoms. The first-order valence-electron chi connectivity index (χ1n) is 10.1. The van der Waals surface area contributed by atoms with Crippen molar-refractivity contribution in [2.75, 3.05) is 32.3 Å². The third-order valence-electron chi connectivity index (χ3n) is 5.39. The molecular formula is C23H24N2O8. The number of amides is 1. The largest absolute Gasteiger partial charge is 0.469 e. The van der Waals surface area contributed by atoms with Gasteiger partial charge in [0.15, 0.2) is 0 Å². The fraction of sp³-hybridized carbons (Fsp3) is 0.304. The lowest BCUT2D eigenvalue weighted by Crippen LogP contribution is -2.51. The molecule has 0 radical (unpaired) electrons. The molecule has 2 N–H and O–H groups in total. The van der Waals surface area contributed by atoms with Crippen molar-refractivity contribution in [1.82, 2.24) is 0 Å². The van der Waals surface area contributed by atoms with Crippen molar-refractivity contribution in [3.05, 3.63) is 65.3 Å². The zero-order chi connectivity index (χ0) is 24.3. The summed E-state index contributed by atoms with van der Waals surface area (Å²) in [7, 11) is 2.27. The van der Waals surface area contributed by atoms with Crippen LogP contribution in [0.1, 0.15) is 18.9 Å². The number of nitrogens with two attached hydrogens (primary N) is 1. The third-order valence-corrected chi connectivity index (χ3v) is 5.39. The monoisotopic (exact) mass is 456 g/mol. The van der Waals surface area contributed by atoms with E-state index >= 15 is 0 Å². The van der Waals surface area contributed by atoms with E-state index in [-0.39, 0.29) is 35.6 Å². The molecule has 174 valence electrons. The smallest absolute Gasteiger partial charge is 0.341 e. The van der Waals surface area contributed by atoms with Crippen LogP contribution >= 0.6 is 0 Å². The topological polar surface area (TPSA) is 134 Å². The van der Waals surface area contributed by atoms with E-state index in [9.17, 15) is 19.2 Å². The van der Waals surface area contributed by atoms with Gasteiger partial charge in [0.05, 0.1) is 20.8 Å². The number of methoxy groups -OCH3 is 2. The van der Waals surface area contributed by atoms with E-state index in [0.717, 1.165) is 14.2 Å². The first kappa shape index (κ1) is 23.6. The molecule has 0 saturated carbocycles. The highest BCUT2D eigenvalue weighted by Gasteiger charge is 2.64. The molecule has 1 atom stereocenters. The number of hydrogen-bond donors (Lipinski definition) is 1. The number of ether oxygens (including phenoxy) is 4. The minimum absolute atomic E-state index is 0.0236. The van der Waals surface area contributed by atoms with Crippen molar-refractivity contribution in [2.45, 2.75) is 18.8 Å². The predicted molar refractivity (Wildman–Crippen MR) is 115 cm³/mol. The van der Waals surface area contributed by atoms with Crippen LogP contribution in [0.4, 0.5) is 5.69 Å². The summed E-state index contributed by atoms with van der Waals surface area (Å²) in [5.41, 5.74) is 4.07. The van der Waals surface area contributed by atoms with E-state index in [2.05, 4.69) is 6.58 Å². The number of esters is 3. The molecule has 0 unspecified atom stereocenters. The number of anilines is 1. The third kappa shape index (κ3) is 3.53. The summed E-state index contributed by atoms with van der Waals surface area (Å²) in [5, 5.41) is 0. The number of benzene rings is 1. The second-order valence-corrected chi connectivity index (χ2v) is 7.08. The molecule has 3 rings (SSSR count). The van der Waals surface area contributed by atoms with E-state index in [0.29, 0.717) is 5.69 Å². The molecule has 1 spiro atoms. The Labute approximate surface area is 190 Å².